The molecule has 0 N–H and O–H groups in total. The van der Waals surface area contributed by atoms with E-state index in [9.17, 15) is 8.42 Å². The number of rotatable bonds is 15. The lowest BCUT2D eigenvalue weighted by atomic mass is 10.00. The summed E-state index contributed by atoms with van der Waals surface area (Å²) in [5.74, 6) is 0. The minimum absolute atomic E-state index is 0.127. The molecule has 31 heavy (non-hydrogen) atoms. The number of likely N-dealkylation sites (N-methyl/N-ethyl adjacent to an activating group) is 1. The summed E-state index contributed by atoms with van der Waals surface area (Å²) >= 11 is 12.0. The largest absolute Gasteiger partial charge is 0.376 e. The molecule has 1 aromatic carbocycles. The monoisotopic (exact) mass is 497 g/mol. The standard InChI is InChI=1S/C22H39Cl2N2O4S/c1-7-8-9-10-16-29-17-15-26(5,6)21(18-22(3,4)25(23)24)30-31(27,28)20-13-11-19(2)12-14-20/h11-14,21H,7-10,15-18H2,1-6H3/q+1. The van der Waals surface area contributed by atoms with Crippen molar-refractivity contribution >= 4 is 33.7 Å². The van der Waals surface area contributed by atoms with Crippen molar-refractivity contribution < 1.29 is 21.8 Å². The highest BCUT2D eigenvalue weighted by atomic mass is 35.5. The van der Waals surface area contributed by atoms with Gasteiger partial charge in [-0.25, -0.2) is 4.18 Å². The number of quaternary nitrogens is 1. The Kier molecular flexibility index (Phi) is 11.8. The molecule has 0 fully saturated rings. The summed E-state index contributed by atoms with van der Waals surface area (Å²) in [6.07, 6.45) is 4.18. The van der Waals surface area contributed by atoms with Crippen molar-refractivity contribution in [2.24, 2.45) is 0 Å². The number of unbranched alkanes of at least 4 members (excludes halogenated alkanes) is 3. The summed E-state index contributed by atoms with van der Waals surface area (Å²) in [5, 5.41) is 0. The zero-order chi connectivity index (χ0) is 23.7. The van der Waals surface area contributed by atoms with Crippen LogP contribution in [0.4, 0.5) is 0 Å². The van der Waals surface area contributed by atoms with E-state index in [1.54, 1.807) is 24.3 Å². The fourth-order valence-electron chi connectivity index (χ4n) is 2.98. The Hall–Kier alpha value is -0.410. The zero-order valence-corrected chi connectivity index (χ0v) is 22.1. The van der Waals surface area contributed by atoms with E-state index in [0.29, 0.717) is 26.2 Å². The molecule has 180 valence electrons. The van der Waals surface area contributed by atoms with E-state index in [4.69, 9.17) is 32.5 Å². The summed E-state index contributed by atoms with van der Waals surface area (Å²) in [5.41, 5.74) is 0.274. The molecular weight excluding hydrogens is 459 g/mol. The van der Waals surface area contributed by atoms with E-state index in [1.807, 2.05) is 34.9 Å². The van der Waals surface area contributed by atoms with Crippen molar-refractivity contribution in [3.05, 3.63) is 29.8 Å². The van der Waals surface area contributed by atoms with Crippen molar-refractivity contribution in [1.29, 1.82) is 0 Å². The van der Waals surface area contributed by atoms with Crippen molar-refractivity contribution in [2.75, 3.05) is 33.9 Å². The average molecular weight is 499 g/mol. The number of halogens is 2. The molecule has 1 unspecified atom stereocenters. The van der Waals surface area contributed by atoms with Gasteiger partial charge in [-0.2, -0.15) is 8.42 Å². The summed E-state index contributed by atoms with van der Waals surface area (Å²) in [6.45, 7) is 9.56. The smallest absolute Gasteiger partial charge is 0.301 e. The van der Waals surface area contributed by atoms with Gasteiger partial charge in [-0.3, -0.25) is 0 Å². The summed E-state index contributed by atoms with van der Waals surface area (Å²) in [7, 11) is -0.106. The number of hydrogen-bond acceptors (Lipinski definition) is 5. The molecule has 6 nitrogen and oxygen atoms in total. The van der Waals surface area contributed by atoms with Crippen molar-refractivity contribution in [3.63, 3.8) is 0 Å². The van der Waals surface area contributed by atoms with Crippen LogP contribution in [0.25, 0.3) is 0 Å². The molecule has 0 saturated heterocycles. The van der Waals surface area contributed by atoms with Gasteiger partial charge in [0.1, 0.15) is 6.54 Å². The summed E-state index contributed by atoms with van der Waals surface area (Å²) in [6, 6.07) is 6.62. The van der Waals surface area contributed by atoms with Gasteiger partial charge >= 0.3 is 10.1 Å². The molecule has 0 bridgehead atoms. The normalized spacial score (nSPS) is 14.2. The van der Waals surface area contributed by atoms with Crippen molar-refractivity contribution in [3.8, 4) is 0 Å². The third-order valence-electron chi connectivity index (χ3n) is 5.41. The molecule has 9 heteroatoms. The van der Waals surface area contributed by atoms with Crippen molar-refractivity contribution in [2.45, 2.75) is 76.5 Å². The van der Waals surface area contributed by atoms with E-state index >= 15 is 0 Å². The molecule has 0 aliphatic heterocycles. The first-order valence-electron chi connectivity index (χ1n) is 10.8. The second-order valence-corrected chi connectivity index (χ2v) is 11.7. The zero-order valence-electron chi connectivity index (χ0n) is 19.7. The quantitative estimate of drug-likeness (QED) is 0.105. The number of aryl methyl sites for hydroxylation is 1. The Morgan fingerprint density at radius 1 is 1.06 bits per heavy atom. The van der Waals surface area contributed by atoms with Gasteiger partial charge in [0.25, 0.3) is 0 Å². The van der Waals surface area contributed by atoms with Crippen LogP contribution in [0.1, 0.15) is 58.4 Å². The van der Waals surface area contributed by atoms with Crippen LogP contribution in [0, 0.1) is 6.92 Å². The van der Waals surface area contributed by atoms with Gasteiger partial charge in [0.2, 0.25) is 6.23 Å². The average Bonchev–Trinajstić information content (AvgIpc) is 2.66. The number of hydrogen-bond donors (Lipinski definition) is 0. The lowest BCUT2D eigenvalue weighted by molar-refractivity contribution is -0.934. The van der Waals surface area contributed by atoms with Gasteiger partial charge in [-0.1, -0.05) is 43.9 Å². The molecule has 1 aromatic rings. The van der Waals surface area contributed by atoms with Gasteiger partial charge < -0.3 is 9.22 Å². The van der Waals surface area contributed by atoms with Crippen LogP contribution in [0.15, 0.2) is 29.2 Å². The molecule has 0 aliphatic carbocycles. The number of benzene rings is 1. The molecule has 1 atom stereocenters. The maximum absolute atomic E-state index is 13.0. The molecule has 1 rings (SSSR count). The number of nitrogens with zero attached hydrogens (tertiary/aromatic N) is 2. The Balaban J connectivity index is 2.93. The third-order valence-corrected chi connectivity index (χ3v) is 7.65. The van der Waals surface area contributed by atoms with E-state index in [-0.39, 0.29) is 9.38 Å². The first-order chi connectivity index (χ1) is 14.3. The minimum Gasteiger partial charge on any atom is -0.376 e. The van der Waals surface area contributed by atoms with E-state index in [1.165, 1.54) is 12.8 Å². The highest BCUT2D eigenvalue weighted by Crippen LogP contribution is 2.30. The lowest BCUT2D eigenvalue weighted by Gasteiger charge is -2.40. The molecular formula is C22H39Cl2N2O4S+. The number of ether oxygens (including phenoxy) is 1. The fraction of sp³-hybridized carbons (Fsp3) is 0.727. The molecule has 0 heterocycles. The van der Waals surface area contributed by atoms with Crippen LogP contribution >= 0.6 is 23.6 Å². The van der Waals surface area contributed by atoms with Gasteiger partial charge in [0.15, 0.2) is 0 Å². The highest BCUT2D eigenvalue weighted by Gasteiger charge is 2.41. The summed E-state index contributed by atoms with van der Waals surface area (Å²) < 4.78 is 38.9. The maximum Gasteiger partial charge on any atom is 0.301 e. The molecule has 0 saturated carbocycles. The first-order valence-corrected chi connectivity index (χ1v) is 12.9. The Morgan fingerprint density at radius 2 is 1.68 bits per heavy atom. The molecule has 0 spiro atoms. The van der Waals surface area contributed by atoms with Crippen LogP contribution < -0.4 is 0 Å². The lowest BCUT2D eigenvalue weighted by Crippen LogP contribution is -2.55. The second kappa shape index (κ2) is 12.7. The highest BCUT2D eigenvalue weighted by molar-refractivity contribution is 7.86. The van der Waals surface area contributed by atoms with Gasteiger partial charge in [-0.05, 0) is 62.9 Å². The first kappa shape index (κ1) is 28.6. The topological polar surface area (TPSA) is 55.8 Å². The van der Waals surface area contributed by atoms with E-state index < -0.39 is 21.9 Å². The Morgan fingerprint density at radius 3 is 2.23 bits per heavy atom. The van der Waals surface area contributed by atoms with Gasteiger partial charge in [0.05, 0.1) is 31.1 Å². The van der Waals surface area contributed by atoms with Crippen LogP contribution in [0.5, 0.6) is 0 Å². The van der Waals surface area contributed by atoms with Crippen molar-refractivity contribution in [1.82, 2.24) is 3.94 Å². The predicted molar refractivity (Wildman–Crippen MR) is 127 cm³/mol. The summed E-state index contributed by atoms with van der Waals surface area (Å²) in [4.78, 5) is 0.127. The van der Waals surface area contributed by atoms with Crippen LogP contribution in [0.2, 0.25) is 0 Å². The van der Waals surface area contributed by atoms with Gasteiger partial charge in [-0.15, -0.1) is 3.94 Å². The fourth-order valence-corrected chi connectivity index (χ4v) is 4.29. The molecule has 0 aromatic heterocycles. The van der Waals surface area contributed by atoms with Crippen LogP contribution in [-0.4, -0.2) is 62.5 Å². The van der Waals surface area contributed by atoms with E-state index in [2.05, 4.69) is 6.92 Å². The van der Waals surface area contributed by atoms with E-state index in [0.717, 1.165) is 22.3 Å². The minimum atomic E-state index is -3.96. The molecule has 0 radical (unpaired) electrons. The maximum atomic E-state index is 13.0. The van der Waals surface area contributed by atoms with Crippen LogP contribution in [0.3, 0.4) is 0 Å². The Bertz CT molecular complexity index is 753. The molecule has 0 amide bonds. The predicted octanol–water partition coefficient (Wildman–Crippen LogP) is 5.48. The van der Waals surface area contributed by atoms with Crippen LogP contribution in [-0.2, 0) is 19.0 Å². The SMILES string of the molecule is CCCCCCOCC[N+](C)(C)C(CC(C)(C)N(Cl)Cl)OS(=O)(=O)c1ccc(C)cc1. The third kappa shape index (κ3) is 9.95. The van der Waals surface area contributed by atoms with Gasteiger partial charge in [0, 0.05) is 13.0 Å². The Labute approximate surface area is 199 Å². The molecule has 0 aliphatic rings. The second-order valence-electron chi connectivity index (χ2n) is 9.24.